The maximum Gasteiger partial charge on any atom is 1.00 e. The van der Waals surface area contributed by atoms with Gasteiger partial charge >= 0.3 is 29.6 Å². The Balaban J connectivity index is 0. The van der Waals surface area contributed by atoms with Crippen LogP contribution in [0.5, 0.6) is 0 Å². The first-order valence-electron chi connectivity index (χ1n) is 1.90. The summed E-state index contributed by atoms with van der Waals surface area (Å²) in [4.78, 5) is 0. The topological polar surface area (TPSA) is 23.1 Å². The molecule has 0 heterocycles. The zero-order valence-electron chi connectivity index (χ0n) is 5.19. The maximum atomic E-state index is 10.4. The van der Waals surface area contributed by atoms with Crippen LogP contribution < -0.4 is 34.7 Å². The van der Waals surface area contributed by atoms with E-state index in [1.807, 2.05) is 0 Å². The molecular formula is C5H9NaO. The molecule has 0 rings (SSSR count). The van der Waals surface area contributed by atoms with Crippen molar-refractivity contribution >= 4 is 0 Å². The van der Waals surface area contributed by atoms with Crippen LogP contribution in [0.4, 0.5) is 0 Å². The molecule has 0 unspecified atom stereocenters. The Morgan fingerprint density at radius 3 is 1.71 bits per heavy atom. The van der Waals surface area contributed by atoms with Gasteiger partial charge in [0.1, 0.15) is 0 Å². The zero-order valence-corrected chi connectivity index (χ0v) is 7.19. The fourth-order valence-electron chi connectivity index (χ4n) is 0. The van der Waals surface area contributed by atoms with Gasteiger partial charge in [-0.15, -0.1) is 18.3 Å². The van der Waals surface area contributed by atoms with E-state index in [0.717, 1.165) is 0 Å². The average Bonchev–Trinajstić information content (AvgIpc) is 1.35. The van der Waals surface area contributed by atoms with Crippen molar-refractivity contribution in [3.05, 3.63) is 12.7 Å². The third-order valence-electron chi connectivity index (χ3n) is 0.492. The van der Waals surface area contributed by atoms with E-state index in [9.17, 15) is 5.11 Å². The van der Waals surface area contributed by atoms with E-state index >= 15 is 0 Å². The Morgan fingerprint density at radius 2 is 1.71 bits per heavy atom. The summed E-state index contributed by atoms with van der Waals surface area (Å²) in [5.74, 6) is 0. The Bertz CT molecular complexity index is 53.6. The van der Waals surface area contributed by atoms with Gasteiger partial charge in [0.05, 0.1) is 0 Å². The van der Waals surface area contributed by atoms with Gasteiger partial charge in [0.2, 0.25) is 0 Å². The minimum atomic E-state index is -0.944. The van der Waals surface area contributed by atoms with E-state index in [1.165, 1.54) is 6.08 Å². The van der Waals surface area contributed by atoms with Crippen molar-refractivity contribution in [2.45, 2.75) is 19.4 Å². The molecule has 0 N–H and O–H groups in total. The van der Waals surface area contributed by atoms with Crippen LogP contribution in [0.1, 0.15) is 13.8 Å². The van der Waals surface area contributed by atoms with E-state index in [-0.39, 0.29) is 29.6 Å². The number of hydrogen-bond acceptors (Lipinski definition) is 1. The SMILES string of the molecule is C=CC(C)(C)[O-].[Na+]. The predicted octanol–water partition coefficient (Wildman–Crippen LogP) is -2.68. The van der Waals surface area contributed by atoms with Gasteiger partial charge in [0.25, 0.3) is 0 Å². The monoisotopic (exact) mass is 108 g/mol. The first-order chi connectivity index (χ1) is 2.56. The normalized spacial score (nSPS) is 9.57. The second-order valence-corrected chi connectivity index (χ2v) is 1.81. The molecule has 36 valence electrons. The molecule has 0 radical (unpaired) electrons. The Hall–Kier alpha value is 0.700. The first-order valence-corrected chi connectivity index (χ1v) is 1.90. The standard InChI is InChI=1S/C5H9O.Na/c1-4-5(2,3)6;/h4H,1H2,2-3H3;/q-1;+1. The molecule has 0 atom stereocenters. The molecule has 0 aromatic heterocycles. The third-order valence-corrected chi connectivity index (χ3v) is 0.492. The van der Waals surface area contributed by atoms with Crippen LogP contribution in [-0.4, -0.2) is 5.60 Å². The molecule has 0 bridgehead atoms. The number of rotatable bonds is 1. The summed E-state index contributed by atoms with van der Waals surface area (Å²) in [5.41, 5.74) is -0.944. The second-order valence-electron chi connectivity index (χ2n) is 1.81. The molecule has 7 heavy (non-hydrogen) atoms. The Labute approximate surface area is 66.7 Å². The van der Waals surface area contributed by atoms with E-state index in [4.69, 9.17) is 0 Å². The summed E-state index contributed by atoms with van der Waals surface area (Å²) >= 11 is 0. The maximum absolute atomic E-state index is 10.4. The van der Waals surface area contributed by atoms with Crippen LogP contribution in [0.2, 0.25) is 0 Å². The summed E-state index contributed by atoms with van der Waals surface area (Å²) in [7, 11) is 0. The minimum Gasteiger partial charge on any atom is -0.847 e. The minimum absolute atomic E-state index is 0. The fraction of sp³-hybridized carbons (Fsp3) is 0.600. The molecule has 0 fully saturated rings. The van der Waals surface area contributed by atoms with Crippen LogP contribution in [0, 0.1) is 0 Å². The van der Waals surface area contributed by atoms with Crippen molar-refractivity contribution in [2.24, 2.45) is 0 Å². The predicted molar refractivity (Wildman–Crippen MR) is 24.3 cm³/mol. The van der Waals surface area contributed by atoms with Gasteiger partial charge < -0.3 is 5.11 Å². The van der Waals surface area contributed by atoms with E-state index in [2.05, 4.69) is 6.58 Å². The fourth-order valence-corrected chi connectivity index (χ4v) is 0. The van der Waals surface area contributed by atoms with Crippen molar-refractivity contribution in [1.82, 2.24) is 0 Å². The van der Waals surface area contributed by atoms with Crippen molar-refractivity contribution in [1.29, 1.82) is 0 Å². The van der Waals surface area contributed by atoms with Crippen LogP contribution in [0.3, 0.4) is 0 Å². The van der Waals surface area contributed by atoms with Crippen molar-refractivity contribution in [3.63, 3.8) is 0 Å². The van der Waals surface area contributed by atoms with Crippen LogP contribution >= 0.6 is 0 Å². The summed E-state index contributed by atoms with van der Waals surface area (Å²) in [6, 6.07) is 0. The van der Waals surface area contributed by atoms with Crippen molar-refractivity contribution in [2.75, 3.05) is 0 Å². The third kappa shape index (κ3) is 10.8. The Kier molecular flexibility index (Phi) is 5.58. The van der Waals surface area contributed by atoms with Gasteiger partial charge in [0.15, 0.2) is 0 Å². The molecular weight excluding hydrogens is 99.0 g/mol. The molecule has 0 saturated heterocycles. The van der Waals surface area contributed by atoms with Gasteiger partial charge in [-0.05, 0) is 0 Å². The molecule has 1 nitrogen and oxygen atoms in total. The molecule has 0 saturated carbocycles. The smallest absolute Gasteiger partial charge is 0.847 e. The zero-order chi connectivity index (χ0) is 5.21. The second kappa shape index (κ2) is 3.67. The molecule has 0 amide bonds. The van der Waals surface area contributed by atoms with Gasteiger partial charge in [-0.2, -0.15) is 0 Å². The van der Waals surface area contributed by atoms with Gasteiger partial charge in [0, 0.05) is 0 Å². The number of hydrogen-bond donors (Lipinski definition) is 0. The summed E-state index contributed by atoms with van der Waals surface area (Å²) in [6.07, 6.45) is 1.38. The molecule has 0 aliphatic rings. The molecule has 0 aliphatic carbocycles. The van der Waals surface area contributed by atoms with E-state index < -0.39 is 5.60 Å². The van der Waals surface area contributed by atoms with Gasteiger partial charge in [-0.3, -0.25) is 0 Å². The molecule has 0 spiro atoms. The summed E-state index contributed by atoms with van der Waals surface area (Å²) in [5, 5.41) is 10.4. The van der Waals surface area contributed by atoms with E-state index in [1.54, 1.807) is 13.8 Å². The summed E-state index contributed by atoms with van der Waals surface area (Å²) in [6.45, 7) is 6.46. The van der Waals surface area contributed by atoms with Crippen LogP contribution in [-0.2, 0) is 0 Å². The first kappa shape index (κ1) is 10.6. The average molecular weight is 108 g/mol. The van der Waals surface area contributed by atoms with Crippen LogP contribution in [0.25, 0.3) is 0 Å². The van der Waals surface area contributed by atoms with Gasteiger partial charge in [-0.25, -0.2) is 0 Å². The largest absolute Gasteiger partial charge is 1.00 e. The van der Waals surface area contributed by atoms with Crippen molar-refractivity contribution in [3.8, 4) is 0 Å². The van der Waals surface area contributed by atoms with Crippen LogP contribution in [0.15, 0.2) is 12.7 Å². The van der Waals surface area contributed by atoms with Crippen molar-refractivity contribution < 1.29 is 34.7 Å². The molecule has 0 aliphatic heterocycles. The molecule has 0 aromatic carbocycles. The Morgan fingerprint density at radius 1 is 1.57 bits per heavy atom. The summed E-state index contributed by atoms with van der Waals surface area (Å²) < 4.78 is 0. The molecule has 0 aromatic rings. The quantitative estimate of drug-likeness (QED) is 0.265. The van der Waals surface area contributed by atoms with E-state index in [0.29, 0.717) is 0 Å². The van der Waals surface area contributed by atoms with Gasteiger partial charge in [-0.1, -0.05) is 13.8 Å². The molecule has 2 heteroatoms.